The molecule has 3 nitrogen and oxygen atoms in total. The number of rotatable bonds is 2. The van der Waals surface area contributed by atoms with E-state index in [1.807, 2.05) is 31.2 Å². The topological polar surface area (TPSA) is 46.2 Å². The van der Waals surface area contributed by atoms with Crippen molar-refractivity contribution in [1.82, 2.24) is 5.32 Å². The number of amides is 2. The number of benzene rings is 2. The van der Waals surface area contributed by atoms with Crippen molar-refractivity contribution in [2.45, 2.75) is 25.2 Å². The molecule has 1 saturated heterocycles. The lowest BCUT2D eigenvalue weighted by molar-refractivity contribution is -0.135. The maximum atomic E-state index is 13.5. The van der Waals surface area contributed by atoms with Crippen LogP contribution in [0.5, 0.6) is 0 Å². The lowest BCUT2D eigenvalue weighted by Crippen LogP contribution is -2.43. The molecule has 112 valence electrons. The molecule has 0 saturated carbocycles. The quantitative estimate of drug-likeness (QED) is 0.866. The second kappa shape index (κ2) is 5.72. The van der Waals surface area contributed by atoms with Gasteiger partial charge in [-0.25, -0.2) is 4.39 Å². The molecule has 0 radical (unpaired) electrons. The van der Waals surface area contributed by atoms with Crippen molar-refractivity contribution in [2.75, 3.05) is 0 Å². The van der Waals surface area contributed by atoms with Crippen LogP contribution in [0.1, 0.15) is 34.9 Å². The summed E-state index contributed by atoms with van der Waals surface area (Å²) in [6, 6.07) is 13.8. The summed E-state index contributed by atoms with van der Waals surface area (Å²) in [5.41, 5.74) is 2.62. The van der Waals surface area contributed by atoms with E-state index >= 15 is 0 Å². The number of aryl methyl sites for hydroxylation is 1. The van der Waals surface area contributed by atoms with Gasteiger partial charge in [-0.15, -0.1) is 0 Å². The minimum atomic E-state index is -0.559. The highest BCUT2D eigenvalue weighted by atomic mass is 19.1. The first kappa shape index (κ1) is 14.4. The molecule has 1 fully saturated rings. The molecule has 0 aromatic heterocycles. The Balaban J connectivity index is 2.04. The monoisotopic (exact) mass is 297 g/mol. The molecule has 1 heterocycles. The number of piperidine rings is 1. The molecule has 2 unspecified atom stereocenters. The number of nitrogens with one attached hydrogen (secondary N) is 1. The summed E-state index contributed by atoms with van der Waals surface area (Å²) in [6.45, 7) is 1.98. The van der Waals surface area contributed by atoms with Gasteiger partial charge < -0.3 is 0 Å². The second-order valence-electron chi connectivity index (χ2n) is 5.67. The molecule has 3 rings (SSSR count). The van der Waals surface area contributed by atoms with Crippen molar-refractivity contribution >= 4 is 11.8 Å². The average Bonchev–Trinajstić information content (AvgIpc) is 2.47. The van der Waals surface area contributed by atoms with E-state index in [-0.39, 0.29) is 30.0 Å². The fourth-order valence-corrected chi connectivity index (χ4v) is 2.97. The Morgan fingerprint density at radius 2 is 1.77 bits per heavy atom. The Morgan fingerprint density at radius 3 is 2.45 bits per heavy atom. The molecule has 0 bridgehead atoms. The van der Waals surface area contributed by atoms with Gasteiger partial charge in [-0.3, -0.25) is 14.9 Å². The van der Waals surface area contributed by atoms with Crippen LogP contribution < -0.4 is 5.32 Å². The molecule has 22 heavy (non-hydrogen) atoms. The first-order chi connectivity index (χ1) is 10.5. The molecule has 1 aliphatic heterocycles. The van der Waals surface area contributed by atoms with Crippen molar-refractivity contribution in [3.05, 3.63) is 71.0 Å². The SMILES string of the molecule is Cc1ccc(C2CC(=O)NC(=O)C2c2cccc(F)c2)cc1. The Hall–Kier alpha value is -2.49. The van der Waals surface area contributed by atoms with Gasteiger partial charge in [0.1, 0.15) is 5.82 Å². The van der Waals surface area contributed by atoms with Crippen LogP contribution in [0.15, 0.2) is 48.5 Å². The Labute approximate surface area is 128 Å². The predicted octanol–water partition coefficient (Wildman–Crippen LogP) is 3.05. The molecular weight excluding hydrogens is 281 g/mol. The number of imide groups is 1. The molecular formula is C18H16FNO2. The smallest absolute Gasteiger partial charge is 0.234 e. The van der Waals surface area contributed by atoms with E-state index in [9.17, 15) is 14.0 Å². The van der Waals surface area contributed by atoms with Crippen molar-refractivity contribution in [1.29, 1.82) is 0 Å². The average molecular weight is 297 g/mol. The van der Waals surface area contributed by atoms with Crippen LogP contribution in [0.3, 0.4) is 0 Å². The number of carbonyl (C=O) groups is 2. The zero-order chi connectivity index (χ0) is 15.7. The highest BCUT2D eigenvalue weighted by Crippen LogP contribution is 2.38. The normalized spacial score (nSPS) is 21.5. The molecule has 1 N–H and O–H groups in total. The van der Waals surface area contributed by atoms with Crippen LogP contribution in [-0.4, -0.2) is 11.8 Å². The molecule has 2 atom stereocenters. The van der Waals surface area contributed by atoms with Gasteiger partial charge in [0.15, 0.2) is 0 Å². The van der Waals surface area contributed by atoms with Gasteiger partial charge in [0, 0.05) is 12.3 Å². The Kier molecular flexibility index (Phi) is 3.75. The van der Waals surface area contributed by atoms with E-state index in [0.717, 1.165) is 11.1 Å². The largest absolute Gasteiger partial charge is 0.296 e. The van der Waals surface area contributed by atoms with E-state index in [1.54, 1.807) is 12.1 Å². The number of halogens is 1. The summed E-state index contributed by atoms with van der Waals surface area (Å²) in [4.78, 5) is 24.1. The minimum Gasteiger partial charge on any atom is -0.296 e. The van der Waals surface area contributed by atoms with Gasteiger partial charge in [-0.05, 0) is 30.2 Å². The van der Waals surface area contributed by atoms with Gasteiger partial charge in [0.25, 0.3) is 0 Å². The summed E-state index contributed by atoms with van der Waals surface area (Å²) in [6.07, 6.45) is 0.218. The number of carbonyl (C=O) groups excluding carboxylic acids is 2. The molecule has 4 heteroatoms. The summed E-state index contributed by atoms with van der Waals surface area (Å²) < 4.78 is 13.5. The lowest BCUT2D eigenvalue weighted by Gasteiger charge is -2.30. The third-order valence-electron chi connectivity index (χ3n) is 4.07. The molecule has 2 aromatic rings. The highest BCUT2D eigenvalue weighted by molar-refractivity contribution is 6.02. The van der Waals surface area contributed by atoms with Gasteiger partial charge in [0.2, 0.25) is 11.8 Å². The van der Waals surface area contributed by atoms with E-state index in [1.165, 1.54) is 12.1 Å². The van der Waals surface area contributed by atoms with Crippen LogP contribution in [0, 0.1) is 12.7 Å². The summed E-state index contributed by atoms with van der Waals surface area (Å²) >= 11 is 0. The van der Waals surface area contributed by atoms with Gasteiger partial charge in [0.05, 0.1) is 5.92 Å². The lowest BCUT2D eigenvalue weighted by atomic mass is 9.76. The molecule has 0 aliphatic carbocycles. The first-order valence-corrected chi connectivity index (χ1v) is 7.20. The molecule has 2 aromatic carbocycles. The Morgan fingerprint density at radius 1 is 1.05 bits per heavy atom. The second-order valence-corrected chi connectivity index (χ2v) is 5.67. The third kappa shape index (κ3) is 2.77. The van der Waals surface area contributed by atoms with Gasteiger partial charge in [-0.1, -0.05) is 42.0 Å². The summed E-state index contributed by atoms with van der Waals surface area (Å²) in [7, 11) is 0. The molecule has 1 aliphatic rings. The maximum absolute atomic E-state index is 13.5. The zero-order valence-electron chi connectivity index (χ0n) is 12.2. The number of hydrogen-bond acceptors (Lipinski definition) is 2. The van der Waals surface area contributed by atoms with Crippen molar-refractivity contribution < 1.29 is 14.0 Å². The van der Waals surface area contributed by atoms with Crippen LogP contribution in [0.4, 0.5) is 4.39 Å². The fourth-order valence-electron chi connectivity index (χ4n) is 2.97. The zero-order valence-corrected chi connectivity index (χ0v) is 12.2. The predicted molar refractivity (Wildman–Crippen MR) is 80.8 cm³/mol. The minimum absolute atomic E-state index is 0.218. The van der Waals surface area contributed by atoms with E-state index < -0.39 is 5.92 Å². The van der Waals surface area contributed by atoms with Crippen LogP contribution in [0.2, 0.25) is 0 Å². The first-order valence-electron chi connectivity index (χ1n) is 7.20. The van der Waals surface area contributed by atoms with E-state index in [4.69, 9.17) is 0 Å². The highest BCUT2D eigenvalue weighted by Gasteiger charge is 2.37. The summed E-state index contributed by atoms with van der Waals surface area (Å²) in [5, 5.41) is 2.36. The maximum Gasteiger partial charge on any atom is 0.234 e. The number of hydrogen-bond donors (Lipinski definition) is 1. The van der Waals surface area contributed by atoms with Crippen molar-refractivity contribution in [3.63, 3.8) is 0 Å². The Bertz CT molecular complexity index is 724. The van der Waals surface area contributed by atoms with Crippen LogP contribution in [-0.2, 0) is 9.59 Å². The van der Waals surface area contributed by atoms with Gasteiger partial charge in [-0.2, -0.15) is 0 Å². The van der Waals surface area contributed by atoms with Crippen LogP contribution >= 0.6 is 0 Å². The summed E-state index contributed by atoms with van der Waals surface area (Å²) in [5.74, 6) is -1.87. The van der Waals surface area contributed by atoms with Crippen LogP contribution in [0.25, 0.3) is 0 Å². The fraction of sp³-hybridized carbons (Fsp3) is 0.222. The van der Waals surface area contributed by atoms with E-state index in [0.29, 0.717) is 5.56 Å². The van der Waals surface area contributed by atoms with E-state index in [2.05, 4.69) is 5.32 Å². The third-order valence-corrected chi connectivity index (χ3v) is 4.07. The van der Waals surface area contributed by atoms with Gasteiger partial charge >= 0.3 is 0 Å². The standard InChI is InChI=1S/C18H16FNO2/c1-11-5-7-12(8-6-11)15-10-16(21)20-18(22)17(15)13-3-2-4-14(19)9-13/h2-9,15,17H,10H2,1H3,(H,20,21,22). The molecule has 2 amide bonds. The molecule has 0 spiro atoms. The van der Waals surface area contributed by atoms with Crippen molar-refractivity contribution in [3.8, 4) is 0 Å². The van der Waals surface area contributed by atoms with Crippen molar-refractivity contribution in [2.24, 2.45) is 0 Å².